The van der Waals surface area contributed by atoms with Gasteiger partial charge in [-0.2, -0.15) is 13.2 Å². The highest BCUT2D eigenvalue weighted by Gasteiger charge is 2.62. The highest BCUT2D eigenvalue weighted by molar-refractivity contribution is 9.10. The van der Waals surface area contributed by atoms with Crippen LogP contribution in [-0.2, 0) is 10.4 Å². The topological polar surface area (TPSA) is 47.6 Å². The molecule has 0 saturated carbocycles. The average molecular weight is 539 g/mol. The van der Waals surface area contributed by atoms with Gasteiger partial charge < -0.3 is 10.6 Å². The number of nitrogens with two attached hydrogens (primary N) is 1. The highest BCUT2D eigenvalue weighted by Crippen LogP contribution is 2.51. The molecule has 2 aliphatic rings. The van der Waals surface area contributed by atoms with Gasteiger partial charge in [-0.05, 0) is 23.8 Å². The lowest BCUT2D eigenvalue weighted by molar-refractivity contribution is -0.275. The summed E-state index contributed by atoms with van der Waals surface area (Å²) in [5, 5.41) is 3.42. The van der Waals surface area contributed by atoms with Crippen LogP contribution in [0.3, 0.4) is 0 Å². The van der Waals surface area contributed by atoms with Crippen LogP contribution in [0.2, 0.25) is 15.1 Å². The number of benzene rings is 1. The largest absolute Gasteiger partial charge is 0.435 e. The Labute approximate surface area is 187 Å². The summed E-state index contributed by atoms with van der Waals surface area (Å²) in [6.07, 6.45) is -0.500. The molecule has 3 rings (SSSR count). The average Bonchev–Trinajstić information content (AvgIpc) is 3.05. The van der Waals surface area contributed by atoms with Crippen molar-refractivity contribution in [2.24, 2.45) is 16.8 Å². The second kappa shape index (κ2) is 7.67. The van der Waals surface area contributed by atoms with Gasteiger partial charge in [0.15, 0.2) is 0 Å². The van der Waals surface area contributed by atoms with Crippen LogP contribution in [0.25, 0.3) is 0 Å². The van der Waals surface area contributed by atoms with Crippen molar-refractivity contribution in [3.63, 3.8) is 0 Å². The van der Waals surface area contributed by atoms with Crippen molar-refractivity contribution >= 4 is 68.0 Å². The molecule has 1 aliphatic heterocycles. The maximum Gasteiger partial charge on any atom is 0.435 e. The molecule has 0 saturated heterocycles. The number of hydrogen-bond donors (Lipinski definition) is 1. The molecular weight excluding hydrogens is 527 g/mol. The molecule has 0 fully saturated rings. The van der Waals surface area contributed by atoms with Gasteiger partial charge in [-0.3, -0.25) is 0 Å². The molecule has 0 radical (unpaired) electrons. The number of halogens is 8. The SMILES string of the molecule is NCC1C=CC(C2=NOC(c3cc(Cl)c(Cl)c(Cl)c3)(C(F)(F)F)C2)=CC1(Cl)Br. The summed E-state index contributed by atoms with van der Waals surface area (Å²) in [6, 6.07) is 2.15. The third-order valence-corrected chi connectivity index (χ3v) is 6.98. The molecule has 152 valence electrons. The van der Waals surface area contributed by atoms with Crippen LogP contribution in [0, 0.1) is 5.92 Å². The van der Waals surface area contributed by atoms with Gasteiger partial charge in [0, 0.05) is 24.4 Å². The number of oxime groups is 1. The van der Waals surface area contributed by atoms with E-state index in [-0.39, 0.29) is 38.8 Å². The Bertz CT molecular complexity index is 878. The Balaban J connectivity index is 2.01. The van der Waals surface area contributed by atoms with E-state index in [0.29, 0.717) is 5.57 Å². The Morgan fingerprint density at radius 2 is 1.86 bits per heavy atom. The van der Waals surface area contributed by atoms with Gasteiger partial charge in [0.1, 0.15) is 3.78 Å². The summed E-state index contributed by atoms with van der Waals surface area (Å²) in [4.78, 5) is 4.97. The van der Waals surface area contributed by atoms with Crippen molar-refractivity contribution < 1.29 is 18.0 Å². The van der Waals surface area contributed by atoms with Gasteiger partial charge in [0.25, 0.3) is 5.60 Å². The first-order valence-electron chi connectivity index (χ1n) is 7.87. The molecule has 0 aromatic heterocycles. The Morgan fingerprint density at radius 1 is 1.25 bits per heavy atom. The van der Waals surface area contributed by atoms with Crippen molar-refractivity contribution in [3.05, 3.63) is 56.6 Å². The molecule has 11 heteroatoms. The molecule has 28 heavy (non-hydrogen) atoms. The minimum atomic E-state index is -4.80. The molecular formula is C17H12BrCl4F3N2O. The van der Waals surface area contributed by atoms with Crippen LogP contribution in [0.1, 0.15) is 12.0 Å². The summed E-state index contributed by atoms with van der Waals surface area (Å²) in [7, 11) is 0. The van der Waals surface area contributed by atoms with Gasteiger partial charge in [0.2, 0.25) is 0 Å². The van der Waals surface area contributed by atoms with E-state index in [1.165, 1.54) is 0 Å². The van der Waals surface area contributed by atoms with Crippen LogP contribution in [0.4, 0.5) is 13.2 Å². The lowest BCUT2D eigenvalue weighted by atomic mass is 9.84. The molecule has 3 nitrogen and oxygen atoms in total. The summed E-state index contributed by atoms with van der Waals surface area (Å²) >= 11 is 27.4. The van der Waals surface area contributed by atoms with Gasteiger partial charge in [-0.15, -0.1) is 11.6 Å². The van der Waals surface area contributed by atoms with Crippen molar-refractivity contribution in [2.75, 3.05) is 6.54 Å². The third-order valence-electron chi connectivity index (χ3n) is 4.57. The quantitative estimate of drug-likeness (QED) is 0.349. The maximum absolute atomic E-state index is 14.1. The van der Waals surface area contributed by atoms with E-state index < -0.39 is 22.0 Å². The van der Waals surface area contributed by atoms with Crippen molar-refractivity contribution in [2.45, 2.75) is 22.0 Å². The van der Waals surface area contributed by atoms with E-state index in [1.54, 1.807) is 18.2 Å². The zero-order chi connectivity index (χ0) is 20.9. The zero-order valence-electron chi connectivity index (χ0n) is 13.8. The Kier molecular flexibility index (Phi) is 6.10. The normalized spacial score (nSPS) is 30.1. The second-order valence-electron chi connectivity index (χ2n) is 6.36. The predicted molar refractivity (Wildman–Crippen MR) is 110 cm³/mol. The number of nitrogens with zero attached hydrogens (tertiary/aromatic N) is 1. The van der Waals surface area contributed by atoms with E-state index >= 15 is 0 Å². The molecule has 1 aliphatic carbocycles. The fourth-order valence-electron chi connectivity index (χ4n) is 2.97. The molecule has 1 heterocycles. The minimum absolute atomic E-state index is 0.0412. The van der Waals surface area contributed by atoms with Crippen LogP contribution in [0.5, 0.6) is 0 Å². The summed E-state index contributed by atoms with van der Waals surface area (Å²) in [5.74, 6) is -0.234. The monoisotopic (exact) mass is 536 g/mol. The van der Waals surface area contributed by atoms with E-state index in [0.717, 1.165) is 12.1 Å². The van der Waals surface area contributed by atoms with Crippen LogP contribution >= 0.6 is 62.3 Å². The molecule has 0 bridgehead atoms. The lowest BCUT2D eigenvalue weighted by Crippen LogP contribution is -2.43. The Morgan fingerprint density at radius 3 is 2.36 bits per heavy atom. The van der Waals surface area contributed by atoms with Gasteiger partial charge in [-0.1, -0.05) is 68.0 Å². The molecule has 1 aromatic rings. The number of hydrogen-bond acceptors (Lipinski definition) is 3. The number of rotatable bonds is 3. The first-order valence-corrected chi connectivity index (χ1v) is 10.2. The second-order valence-corrected chi connectivity index (χ2v) is 9.95. The number of allylic oxidation sites excluding steroid dienone is 3. The standard InChI is InChI=1S/C17H12BrCl4F3N2O/c18-16(22)5-8(1-2-9(16)7-26)13-6-15(28-27-13,17(23,24)25)10-3-11(19)14(21)12(20)4-10/h1-5,9H,6-7,26H2. The molecule has 3 unspecified atom stereocenters. The Hall–Kier alpha value is -0.440. The first kappa shape index (κ1) is 22.2. The molecule has 0 amide bonds. The van der Waals surface area contributed by atoms with Crippen molar-refractivity contribution in [1.82, 2.24) is 0 Å². The summed E-state index contributed by atoms with van der Waals surface area (Å²) in [5.41, 5.74) is 3.09. The molecule has 0 spiro atoms. The number of alkyl halides is 5. The van der Waals surface area contributed by atoms with Crippen LogP contribution in [0.15, 0.2) is 41.1 Å². The lowest BCUT2D eigenvalue weighted by Gasteiger charge is -2.30. The fraction of sp³-hybridized carbons (Fsp3) is 0.353. The van der Waals surface area contributed by atoms with E-state index in [4.69, 9.17) is 57.0 Å². The smallest absolute Gasteiger partial charge is 0.374 e. The van der Waals surface area contributed by atoms with Gasteiger partial charge in [-0.25, -0.2) is 0 Å². The zero-order valence-corrected chi connectivity index (χ0v) is 18.4. The predicted octanol–water partition coefficient (Wildman–Crippen LogP) is 6.58. The van der Waals surface area contributed by atoms with Gasteiger partial charge >= 0.3 is 6.18 Å². The van der Waals surface area contributed by atoms with E-state index in [1.807, 2.05) is 0 Å². The van der Waals surface area contributed by atoms with Crippen molar-refractivity contribution in [3.8, 4) is 0 Å². The maximum atomic E-state index is 14.1. The molecule has 3 atom stereocenters. The fourth-order valence-corrected chi connectivity index (χ4v) is 4.43. The summed E-state index contributed by atoms with van der Waals surface area (Å²) in [6.45, 7) is 0.256. The van der Waals surface area contributed by atoms with Gasteiger partial charge in [0.05, 0.1) is 20.8 Å². The molecule has 1 aromatic carbocycles. The highest BCUT2D eigenvalue weighted by atomic mass is 79.9. The minimum Gasteiger partial charge on any atom is -0.374 e. The van der Waals surface area contributed by atoms with Crippen LogP contribution in [-0.4, -0.2) is 22.2 Å². The summed E-state index contributed by atoms with van der Waals surface area (Å²) < 4.78 is 41.2. The van der Waals surface area contributed by atoms with Crippen LogP contribution < -0.4 is 5.73 Å². The van der Waals surface area contributed by atoms with E-state index in [9.17, 15) is 13.2 Å². The van der Waals surface area contributed by atoms with E-state index in [2.05, 4.69) is 21.1 Å². The first-order chi connectivity index (χ1) is 12.9. The molecule has 2 N–H and O–H groups in total. The third kappa shape index (κ3) is 3.82. The van der Waals surface area contributed by atoms with Crippen molar-refractivity contribution in [1.29, 1.82) is 0 Å².